The van der Waals surface area contributed by atoms with E-state index in [0.717, 1.165) is 12.8 Å². The quantitative estimate of drug-likeness (QED) is 0.675. The molecule has 0 saturated carbocycles. The number of rotatable bonds is 6. The number of nitrogens with one attached hydrogen (secondary N) is 2. The minimum atomic E-state index is -0.514. The smallest absolute Gasteiger partial charge is 0.410 e. The van der Waals surface area contributed by atoms with Gasteiger partial charge in [-0.1, -0.05) is 18.2 Å². The first kappa shape index (κ1) is 23.4. The molecule has 0 radical (unpaired) electrons. The lowest BCUT2D eigenvalue weighted by molar-refractivity contribution is 0.0187. The number of hydrogen-bond donors (Lipinski definition) is 2. The summed E-state index contributed by atoms with van der Waals surface area (Å²) in [5, 5.41) is 5.66. The molecular weight excluding hydrogens is 408 g/mol. The molecule has 0 spiro atoms. The van der Waals surface area contributed by atoms with Gasteiger partial charge in [0.25, 0.3) is 11.8 Å². The first-order valence-electron chi connectivity index (χ1n) is 11.0. The molecule has 0 bridgehead atoms. The van der Waals surface area contributed by atoms with E-state index in [9.17, 15) is 14.4 Å². The standard InChI is InChI=1S/C24H32N4O4/c1-24(2,3)32-23(31)27-16-11-19(12-17-27)28-15-7-10-20(28)22(30)26-14-13-25-21(29)18-8-5-4-6-9-18/h4-10,15,19H,11-14,16-17H2,1-3H3,(H,25,29)(H,26,30). The van der Waals surface area contributed by atoms with Gasteiger partial charge in [0.15, 0.2) is 0 Å². The van der Waals surface area contributed by atoms with Crippen molar-refractivity contribution in [2.45, 2.75) is 45.3 Å². The first-order valence-corrected chi connectivity index (χ1v) is 11.0. The van der Waals surface area contributed by atoms with Crippen molar-refractivity contribution in [3.8, 4) is 0 Å². The van der Waals surface area contributed by atoms with Crippen LogP contribution in [0.1, 0.15) is 60.5 Å². The highest BCUT2D eigenvalue weighted by Crippen LogP contribution is 2.25. The van der Waals surface area contributed by atoms with Gasteiger partial charge in [-0.3, -0.25) is 9.59 Å². The molecule has 172 valence electrons. The Morgan fingerprint density at radius 3 is 2.19 bits per heavy atom. The Kier molecular flexibility index (Phi) is 7.56. The van der Waals surface area contributed by atoms with Crippen molar-refractivity contribution in [1.82, 2.24) is 20.1 Å². The molecule has 2 aromatic rings. The molecular formula is C24H32N4O4. The van der Waals surface area contributed by atoms with Crippen molar-refractivity contribution in [2.75, 3.05) is 26.2 Å². The number of piperidine rings is 1. The average Bonchev–Trinajstić information content (AvgIpc) is 3.26. The number of benzene rings is 1. The van der Waals surface area contributed by atoms with Gasteiger partial charge in [-0.25, -0.2) is 4.79 Å². The number of carbonyl (C=O) groups excluding carboxylic acids is 3. The van der Waals surface area contributed by atoms with E-state index >= 15 is 0 Å². The van der Waals surface area contributed by atoms with Gasteiger partial charge < -0.3 is 24.8 Å². The van der Waals surface area contributed by atoms with Crippen LogP contribution in [0, 0.1) is 0 Å². The number of ether oxygens (including phenoxy) is 1. The van der Waals surface area contributed by atoms with E-state index in [1.54, 1.807) is 23.1 Å². The number of nitrogens with zero attached hydrogens (tertiary/aromatic N) is 2. The molecule has 0 aliphatic carbocycles. The van der Waals surface area contributed by atoms with Gasteiger partial charge in [0, 0.05) is 44.0 Å². The van der Waals surface area contributed by atoms with Gasteiger partial charge in [0.2, 0.25) is 0 Å². The lowest BCUT2D eigenvalue weighted by Gasteiger charge is -2.34. The van der Waals surface area contributed by atoms with Gasteiger partial charge in [0.1, 0.15) is 11.3 Å². The summed E-state index contributed by atoms with van der Waals surface area (Å²) in [6.45, 7) is 7.42. The molecule has 2 N–H and O–H groups in total. The fourth-order valence-corrected chi connectivity index (χ4v) is 3.69. The molecule has 0 unspecified atom stereocenters. The number of aromatic nitrogens is 1. The Labute approximate surface area is 188 Å². The summed E-state index contributed by atoms with van der Waals surface area (Å²) in [6.07, 6.45) is 3.11. The van der Waals surface area contributed by atoms with Crippen molar-refractivity contribution in [3.63, 3.8) is 0 Å². The molecule has 0 atom stereocenters. The van der Waals surface area contributed by atoms with Crippen LogP contribution in [0.3, 0.4) is 0 Å². The van der Waals surface area contributed by atoms with Crippen molar-refractivity contribution in [3.05, 3.63) is 59.9 Å². The molecule has 1 aliphatic heterocycles. The summed E-state index contributed by atoms with van der Waals surface area (Å²) >= 11 is 0. The molecule has 3 amide bonds. The maximum absolute atomic E-state index is 12.7. The molecule has 1 aromatic carbocycles. The molecule has 3 rings (SSSR count). The van der Waals surface area contributed by atoms with E-state index in [2.05, 4.69) is 10.6 Å². The van der Waals surface area contributed by atoms with Crippen LogP contribution in [-0.4, -0.2) is 59.2 Å². The van der Waals surface area contributed by atoms with Crippen LogP contribution in [0.15, 0.2) is 48.7 Å². The molecule has 32 heavy (non-hydrogen) atoms. The van der Waals surface area contributed by atoms with Crippen molar-refractivity contribution in [1.29, 1.82) is 0 Å². The van der Waals surface area contributed by atoms with Crippen LogP contribution in [0.2, 0.25) is 0 Å². The lowest BCUT2D eigenvalue weighted by atomic mass is 10.0. The summed E-state index contributed by atoms with van der Waals surface area (Å²) in [5.74, 6) is -0.349. The lowest BCUT2D eigenvalue weighted by Crippen LogP contribution is -2.42. The zero-order valence-corrected chi connectivity index (χ0v) is 19.0. The monoisotopic (exact) mass is 440 g/mol. The Bertz CT molecular complexity index is 925. The van der Waals surface area contributed by atoms with Gasteiger partial charge in [-0.2, -0.15) is 0 Å². The molecule has 8 nitrogen and oxygen atoms in total. The van der Waals surface area contributed by atoms with Crippen LogP contribution in [0.25, 0.3) is 0 Å². The van der Waals surface area contributed by atoms with Crippen LogP contribution in [0.5, 0.6) is 0 Å². The van der Waals surface area contributed by atoms with E-state index < -0.39 is 5.60 Å². The topological polar surface area (TPSA) is 92.7 Å². The zero-order chi connectivity index (χ0) is 23.1. The Balaban J connectivity index is 1.46. The fourth-order valence-electron chi connectivity index (χ4n) is 3.69. The minimum Gasteiger partial charge on any atom is -0.444 e. The minimum absolute atomic E-state index is 0.141. The highest BCUT2D eigenvalue weighted by atomic mass is 16.6. The van der Waals surface area contributed by atoms with Crippen molar-refractivity contribution < 1.29 is 19.1 Å². The largest absolute Gasteiger partial charge is 0.444 e. The van der Waals surface area contributed by atoms with E-state index in [1.807, 2.05) is 55.8 Å². The third-order valence-corrected chi connectivity index (χ3v) is 5.25. The van der Waals surface area contributed by atoms with E-state index in [1.165, 1.54) is 0 Å². The Hall–Kier alpha value is -3.29. The SMILES string of the molecule is CC(C)(C)OC(=O)N1CCC(n2cccc2C(=O)NCCNC(=O)c2ccccc2)CC1. The van der Waals surface area contributed by atoms with Gasteiger partial charge in [-0.15, -0.1) is 0 Å². The van der Waals surface area contributed by atoms with E-state index in [-0.39, 0.29) is 23.9 Å². The van der Waals surface area contributed by atoms with Crippen LogP contribution < -0.4 is 10.6 Å². The molecule has 1 saturated heterocycles. The zero-order valence-electron chi connectivity index (χ0n) is 19.0. The molecule has 1 aromatic heterocycles. The Morgan fingerprint density at radius 1 is 0.938 bits per heavy atom. The average molecular weight is 441 g/mol. The normalized spacial score (nSPS) is 14.7. The number of carbonyl (C=O) groups is 3. The molecule has 1 fully saturated rings. The maximum atomic E-state index is 12.7. The molecule has 2 heterocycles. The summed E-state index contributed by atoms with van der Waals surface area (Å²) < 4.78 is 7.43. The van der Waals surface area contributed by atoms with E-state index in [0.29, 0.717) is 37.4 Å². The third-order valence-electron chi connectivity index (χ3n) is 5.25. The predicted octanol–water partition coefficient (Wildman–Crippen LogP) is 3.22. The van der Waals surface area contributed by atoms with Crippen LogP contribution in [-0.2, 0) is 4.74 Å². The second-order valence-electron chi connectivity index (χ2n) is 8.88. The van der Waals surface area contributed by atoms with Crippen LogP contribution >= 0.6 is 0 Å². The van der Waals surface area contributed by atoms with Crippen molar-refractivity contribution in [2.24, 2.45) is 0 Å². The molecule has 1 aliphatic rings. The predicted molar refractivity (Wildman–Crippen MR) is 122 cm³/mol. The number of amides is 3. The van der Waals surface area contributed by atoms with Gasteiger partial charge in [0.05, 0.1) is 0 Å². The summed E-state index contributed by atoms with van der Waals surface area (Å²) in [7, 11) is 0. The summed E-state index contributed by atoms with van der Waals surface area (Å²) in [6, 6.07) is 12.7. The highest BCUT2D eigenvalue weighted by Gasteiger charge is 2.28. The molecule has 8 heteroatoms. The third kappa shape index (κ3) is 6.35. The van der Waals surface area contributed by atoms with E-state index in [4.69, 9.17) is 4.74 Å². The number of likely N-dealkylation sites (tertiary alicyclic amines) is 1. The van der Waals surface area contributed by atoms with Gasteiger partial charge in [-0.05, 0) is 57.9 Å². The maximum Gasteiger partial charge on any atom is 0.410 e. The van der Waals surface area contributed by atoms with Crippen LogP contribution in [0.4, 0.5) is 4.79 Å². The van der Waals surface area contributed by atoms with Crippen molar-refractivity contribution >= 4 is 17.9 Å². The summed E-state index contributed by atoms with van der Waals surface area (Å²) in [5.41, 5.74) is 0.653. The Morgan fingerprint density at radius 2 is 1.56 bits per heavy atom. The second kappa shape index (κ2) is 10.3. The highest BCUT2D eigenvalue weighted by molar-refractivity contribution is 5.94. The number of hydrogen-bond acceptors (Lipinski definition) is 4. The first-order chi connectivity index (χ1) is 15.2. The fraction of sp³-hybridized carbons (Fsp3) is 0.458. The van der Waals surface area contributed by atoms with Gasteiger partial charge >= 0.3 is 6.09 Å². The summed E-state index contributed by atoms with van der Waals surface area (Å²) in [4.78, 5) is 38.7. The second-order valence-corrected chi connectivity index (χ2v) is 8.88.